The van der Waals surface area contributed by atoms with Crippen molar-refractivity contribution < 1.29 is 0 Å². The summed E-state index contributed by atoms with van der Waals surface area (Å²) in [6.45, 7) is 3.59. The van der Waals surface area contributed by atoms with Gasteiger partial charge in [-0.3, -0.25) is 4.99 Å². The fourth-order valence-electron chi connectivity index (χ4n) is 5.96. The van der Waals surface area contributed by atoms with Crippen molar-refractivity contribution in [2.75, 3.05) is 19.6 Å². The predicted octanol–water partition coefficient (Wildman–Crippen LogP) is 6.15. The van der Waals surface area contributed by atoms with Gasteiger partial charge < -0.3 is 4.90 Å². The minimum Gasteiger partial charge on any atom is -0.301 e. The van der Waals surface area contributed by atoms with Crippen LogP contribution in [0.15, 0.2) is 35.3 Å². The van der Waals surface area contributed by atoms with E-state index in [1.54, 1.807) is 0 Å². The van der Waals surface area contributed by atoms with Gasteiger partial charge in [0.05, 0.1) is 6.04 Å². The number of likely N-dealkylation sites (tertiary alicyclic amines) is 1. The summed E-state index contributed by atoms with van der Waals surface area (Å²) in [6, 6.07) is 11.5. The fourth-order valence-corrected chi connectivity index (χ4v) is 5.96. The third kappa shape index (κ3) is 5.69. The van der Waals surface area contributed by atoms with E-state index in [1.807, 2.05) is 0 Å². The lowest BCUT2D eigenvalue weighted by Crippen LogP contribution is -2.29. The lowest BCUT2D eigenvalue weighted by Gasteiger charge is -2.35. The molecule has 1 aromatic rings. The van der Waals surface area contributed by atoms with Crippen LogP contribution in [0.3, 0.4) is 0 Å². The van der Waals surface area contributed by atoms with Crippen molar-refractivity contribution in [1.29, 1.82) is 0 Å². The molecule has 0 spiro atoms. The second kappa shape index (κ2) is 10.6. The van der Waals surface area contributed by atoms with Crippen molar-refractivity contribution >= 4 is 6.21 Å². The van der Waals surface area contributed by atoms with Crippen LogP contribution in [-0.2, 0) is 6.42 Å². The minimum atomic E-state index is 0.547. The van der Waals surface area contributed by atoms with Crippen molar-refractivity contribution in [3.8, 4) is 0 Å². The maximum atomic E-state index is 5.21. The van der Waals surface area contributed by atoms with Crippen LogP contribution >= 0.6 is 0 Å². The third-order valence-electron chi connectivity index (χ3n) is 7.66. The van der Waals surface area contributed by atoms with E-state index < -0.39 is 0 Å². The zero-order valence-electron chi connectivity index (χ0n) is 17.8. The average molecular weight is 381 g/mol. The Kier molecular flexibility index (Phi) is 7.61. The monoisotopic (exact) mass is 380 g/mol. The summed E-state index contributed by atoms with van der Waals surface area (Å²) in [5.41, 5.74) is 1.46. The van der Waals surface area contributed by atoms with Gasteiger partial charge in [-0.15, -0.1) is 0 Å². The summed E-state index contributed by atoms with van der Waals surface area (Å²) >= 11 is 0. The van der Waals surface area contributed by atoms with E-state index in [-0.39, 0.29) is 0 Å². The van der Waals surface area contributed by atoms with Crippen molar-refractivity contribution in [2.45, 2.75) is 83.1 Å². The molecule has 1 saturated heterocycles. The first-order valence-corrected chi connectivity index (χ1v) is 12.2. The maximum absolute atomic E-state index is 5.21. The minimum absolute atomic E-state index is 0.547. The molecule has 0 N–H and O–H groups in total. The third-order valence-corrected chi connectivity index (χ3v) is 7.66. The Bertz CT molecular complexity index is 566. The fraction of sp³-hybridized carbons (Fsp3) is 0.731. The number of nitrogens with zero attached hydrogens (tertiary/aromatic N) is 2. The molecule has 0 aromatic heterocycles. The Morgan fingerprint density at radius 1 is 0.857 bits per heavy atom. The SMILES string of the molecule is C(=NC1CCN(CCc2ccccc2)C1)C(C1CCCCC1)C1CCCCC1. The molecule has 3 fully saturated rings. The first-order chi connectivity index (χ1) is 13.9. The molecule has 4 rings (SSSR count). The van der Waals surface area contributed by atoms with Crippen LogP contribution in [0.25, 0.3) is 0 Å². The molecular formula is C26H40N2. The summed E-state index contributed by atoms with van der Waals surface area (Å²) in [6.07, 6.45) is 19.5. The summed E-state index contributed by atoms with van der Waals surface area (Å²) in [7, 11) is 0. The summed E-state index contributed by atoms with van der Waals surface area (Å²) in [5, 5.41) is 0. The smallest absolute Gasteiger partial charge is 0.0634 e. The Morgan fingerprint density at radius 3 is 2.14 bits per heavy atom. The molecule has 28 heavy (non-hydrogen) atoms. The molecule has 2 aliphatic carbocycles. The summed E-state index contributed by atoms with van der Waals surface area (Å²) in [4.78, 5) is 7.84. The van der Waals surface area contributed by atoms with E-state index in [4.69, 9.17) is 4.99 Å². The largest absolute Gasteiger partial charge is 0.301 e. The Morgan fingerprint density at radius 2 is 1.50 bits per heavy atom. The van der Waals surface area contributed by atoms with Gasteiger partial charge in [-0.25, -0.2) is 0 Å². The van der Waals surface area contributed by atoms with Gasteiger partial charge >= 0.3 is 0 Å². The normalized spacial score (nSPS) is 25.8. The number of aliphatic imine (C=N–C) groups is 1. The Balaban J connectivity index is 1.30. The molecule has 1 atom stereocenters. The Hall–Kier alpha value is -1.15. The number of hydrogen-bond acceptors (Lipinski definition) is 2. The van der Waals surface area contributed by atoms with Gasteiger partial charge in [-0.2, -0.15) is 0 Å². The lowest BCUT2D eigenvalue weighted by atomic mass is 9.70. The first-order valence-electron chi connectivity index (χ1n) is 12.2. The van der Waals surface area contributed by atoms with Crippen molar-refractivity contribution in [3.05, 3.63) is 35.9 Å². The van der Waals surface area contributed by atoms with Gasteiger partial charge in [0.2, 0.25) is 0 Å². The molecule has 0 amide bonds. The molecule has 1 aromatic carbocycles. The van der Waals surface area contributed by atoms with E-state index in [2.05, 4.69) is 41.4 Å². The van der Waals surface area contributed by atoms with Crippen molar-refractivity contribution in [3.63, 3.8) is 0 Å². The molecule has 3 aliphatic rings. The van der Waals surface area contributed by atoms with Gasteiger partial charge in [-0.1, -0.05) is 68.9 Å². The standard InChI is InChI=1S/C26H40N2/c1-4-10-22(11-5-1)16-18-28-19-17-25(21-28)27-20-26(23-12-6-2-7-13-23)24-14-8-3-9-15-24/h1,4-5,10-11,20,23-26H,2-3,6-9,12-19,21H2. The maximum Gasteiger partial charge on any atom is 0.0634 e. The Labute approximate surface area is 172 Å². The molecule has 154 valence electrons. The van der Waals surface area contributed by atoms with Gasteiger partial charge in [0.15, 0.2) is 0 Å². The number of rotatable bonds is 7. The second-order valence-corrected chi connectivity index (χ2v) is 9.65. The molecular weight excluding hydrogens is 340 g/mol. The van der Waals surface area contributed by atoms with Gasteiger partial charge in [0.25, 0.3) is 0 Å². The molecule has 1 aliphatic heterocycles. The topological polar surface area (TPSA) is 15.6 Å². The molecule has 1 heterocycles. The van der Waals surface area contributed by atoms with Crippen LogP contribution in [-0.4, -0.2) is 36.8 Å². The zero-order valence-corrected chi connectivity index (χ0v) is 17.8. The molecule has 2 saturated carbocycles. The van der Waals surface area contributed by atoms with Crippen LogP contribution < -0.4 is 0 Å². The predicted molar refractivity (Wildman–Crippen MR) is 120 cm³/mol. The highest BCUT2D eigenvalue weighted by molar-refractivity contribution is 5.62. The highest BCUT2D eigenvalue weighted by Gasteiger charge is 2.31. The van der Waals surface area contributed by atoms with Crippen LogP contribution in [0, 0.1) is 17.8 Å². The van der Waals surface area contributed by atoms with Crippen LogP contribution in [0.5, 0.6) is 0 Å². The number of hydrogen-bond donors (Lipinski definition) is 0. The lowest BCUT2D eigenvalue weighted by molar-refractivity contribution is 0.199. The van der Waals surface area contributed by atoms with E-state index in [0.717, 1.165) is 17.8 Å². The van der Waals surface area contributed by atoms with E-state index in [0.29, 0.717) is 6.04 Å². The molecule has 2 heteroatoms. The van der Waals surface area contributed by atoms with Gasteiger partial charge in [-0.05, 0) is 61.8 Å². The number of benzene rings is 1. The molecule has 1 unspecified atom stereocenters. The van der Waals surface area contributed by atoms with Crippen LogP contribution in [0.2, 0.25) is 0 Å². The summed E-state index contributed by atoms with van der Waals surface area (Å²) in [5.74, 6) is 2.63. The highest BCUT2D eigenvalue weighted by atomic mass is 15.2. The van der Waals surface area contributed by atoms with E-state index in [1.165, 1.54) is 102 Å². The van der Waals surface area contributed by atoms with Crippen molar-refractivity contribution in [2.24, 2.45) is 22.7 Å². The van der Waals surface area contributed by atoms with Crippen LogP contribution in [0.1, 0.15) is 76.2 Å². The zero-order chi connectivity index (χ0) is 19.0. The quantitative estimate of drug-likeness (QED) is 0.518. The van der Waals surface area contributed by atoms with E-state index in [9.17, 15) is 0 Å². The first kappa shape index (κ1) is 20.1. The second-order valence-electron chi connectivity index (χ2n) is 9.65. The molecule has 2 nitrogen and oxygen atoms in total. The van der Waals surface area contributed by atoms with Crippen molar-refractivity contribution in [1.82, 2.24) is 4.90 Å². The summed E-state index contributed by atoms with van der Waals surface area (Å²) < 4.78 is 0. The molecule has 0 bridgehead atoms. The molecule has 0 radical (unpaired) electrons. The average Bonchev–Trinajstić information content (AvgIpc) is 3.23. The highest BCUT2D eigenvalue weighted by Crippen LogP contribution is 2.39. The van der Waals surface area contributed by atoms with Gasteiger partial charge in [0.1, 0.15) is 0 Å². The van der Waals surface area contributed by atoms with Crippen LogP contribution in [0.4, 0.5) is 0 Å². The van der Waals surface area contributed by atoms with Gasteiger partial charge in [0, 0.05) is 25.8 Å². The van der Waals surface area contributed by atoms with E-state index >= 15 is 0 Å².